The molecular weight excluding hydrogens is 184 g/mol. The summed E-state index contributed by atoms with van der Waals surface area (Å²) in [6, 6.07) is 0. The Morgan fingerprint density at radius 2 is 2.15 bits per heavy atom. The third kappa shape index (κ3) is 7.67. The van der Waals surface area contributed by atoms with Gasteiger partial charge in [-0.1, -0.05) is 13.8 Å². The standard InChI is InChI=1S/C8H18N4S/c1-3-12(4-2)7-5-6-10-11-8(9)13/h6H,3-5,7H2,1-2H3,(H3,9,11,13)/b10-6+. The van der Waals surface area contributed by atoms with Crippen molar-refractivity contribution in [2.24, 2.45) is 10.8 Å². The van der Waals surface area contributed by atoms with Gasteiger partial charge < -0.3 is 10.6 Å². The van der Waals surface area contributed by atoms with E-state index in [0.717, 1.165) is 26.1 Å². The zero-order valence-electron chi connectivity index (χ0n) is 8.29. The topological polar surface area (TPSA) is 53.6 Å². The van der Waals surface area contributed by atoms with Gasteiger partial charge in [-0.15, -0.1) is 0 Å². The summed E-state index contributed by atoms with van der Waals surface area (Å²) in [5, 5.41) is 4.05. The minimum atomic E-state index is 0.207. The molecular formula is C8H18N4S. The van der Waals surface area contributed by atoms with Crippen LogP contribution in [0.2, 0.25) is 0 Å². The van der Waals surface area contributed by atoms with Crippen LogP contribution in [-0.4, -0.2) is 35.9 Å². The lowest BCUT2D eigenvalue weighted by Gasteiger charge is -2.15. The smallest absolute Gasteiger partial charge is 0.184 e. The maximum absolute atomic E-state index is 5.18. The monoisotopic (exact) mass is 202 g/mol. The Balaban J connectivity index is 3.42. The van der Waals surface area contributed by atoms with Crippen LogP contribution in [-0.2, 0) is 0 Å². The maximum atomic E-state index is 5.18. The fraction of sp³-hybridized carbons (Fsp3) is 0.750. The molecule has 0 rings (SSSR count). The van der Waals surface area contributed by atoms with Gasteiger partial charge >= 0.3 is 0 Å². The molecule has 0 saturated heterocycles. The van der Waals surface area contributed by atoms with E-state index >= 15 is 0 Å². The van der Waals surface area contributed by atoms with Gasteiger partial charge in [0.05, 0.1) is 0 Å². The van der Waals surface area contributed by atoms with Crippen molar-refractivity contribution >= 4 is 23.5 Å². The summed E-state index contributed by atoms with van der Waals surface area (Å²) < 4.78 is 0. The molecule has 0 atom stereocenters. The minimum absolute atomic E-state index is 0.207. The predicted octanol–water partition coefficient (Wildman–Crippen LogP) is 0.537. The SMILES string of the molecule is CCN(CC)CC/C=N/NC(N)=S. The molecule has 4 nitrogen and oxygen atoms in total. The first-order valence-corrected chi connectivity index (χ1v) is 4.90. The quantitative estimate of drug-likeness (QED) is 0.375. The lowest BCUT2D eigenvalue weighted by Crippen LogP contribution is -2.26. The summed E-state index contributed by atoms with van der Waals surface area (Å²) in [5.41, 5.74) is 7.70. The van der Waals surface area contributed by atoms with Crippen molar-refractivity contribution < 1.29 is 0 Å². The molecule has 0 saturated carbocycles. The van der Waals surface area contributed by atoms with Gasteiger partial charge in [0, 0.05) is 12.8 Å². The Labute approximate surface area is 85.2 Å². The fourth-order valence-electron chi connectivity index (χ4n) is 0.954. The van der Waals surface area contributed by atoms with E-state index in [2.05, 4.69) is 41.5 Å². The van der Waals surface area contributed by atoms with Crippen LogP contribution in [0.1, 0.15) is 20.3 Å². The fourth-order valence-corrected chi connectivity index (χ4v) is 1.01. The number of rotatable bonds is 6. The molecule has 0 radical (unpaired) electrons. The van der Waals surface area contributed by atoms with Crippen molar-refractivity contribution in [2.75, 3.05) is 19.6 Å². The largest absolute Gasteiger partial charge is 0.375 e. The zero-order chi connectivity index (χ0) is 10.1. The molecule has 0 fully saturated rings. The van der Waals surface area contributed by atoms with E-state index in [0.29, 0.717) is 0 Å². The molecule has 0 aromatic carbocycles. The molecule has 0 bridgehead atoms. The summed E-state index contributed by atoms with van der Waals surface area (Å²) in [6.07, 6.45) is 2.70. The van der Waals surface area contributed by atoms with Gasteiger partial charge in [0.15, 0.2) is 5.11 Å². The summed E-state index contributed by atoms with van der Waals surface area (Å²) in [4.78, 5) is 2.33. The van der Waals surface area contributed by atoms with E-state index < -0.39 is 0 Å². The van der Waals surface area contributed by atoms with Gasteiger partial charge in [0.25, 0.3) is 0 Å². The van der Waals surface area contributed by atoms with Crippen molar-refractivity contribution in [1.29, 1.82) is 0 Å². The van der Waals surface area contributed by atoms with Gasteiger partial charge in [-0.3, -0.25) is 5.43 Å². The van der Waals surface area contributed by atoms with Gasteiger partial charge in [0.2, 0.25) is 0 Å². The first-order chi connectivity index (χ1) is 6.20. The average molecular weight is 202 g/mol. The second-order valence-electron chi connectivity index (χ2n) is 2.60. The van der Waals surface area contributed by atoms with Crippen LogP contribution in [0.15, 0.2) is 5.10 Å². The van der Waals surface area contributed by atoms with Crippen LogP contribution in [0.3, 0.4) is 0 Å². The average Bonchev–Trinajstić information content (AvgIpc) is 2.11. The number of nitrogens with one attached hydrogen (secondary N) is 1. The third-order valence-electron chi connectivity index (χ3n) is 1.73. The molecule has 0 aliphatic heterocycles. The van der Waals surface area contributed by atoms with Gasteiger partial charge in [-0.25, -0.2) is 0 Å². The normalized spacial score (nSPS) is 11.0. The van der Waals surface area contributed by atoms with Crippen LogP contribution in [0, 0.1) is 0 Å². The van der Waals surface area contributed by atoms with E-state index in [4.69, 9.17) is 5.73 Å². The van der Waals surface area contributed by atoms with Gasteiger partial charge in [-0.05, 0) is 31.7 Å². The highest BCUT2D eigenvalue weighted by atomic mass is 32.1. The number of hydrogen-bond acceptors (Lipinski definition) is 3. The predicted molar refractivity (Wildman–Crippen MR) is 60.8 cm³/mol. The van der Waals surface area contributed by atoms with Gasteiger partial charge in [0.1, 0.15) is 0 Å². The Morgan fingerprint density at radius 1 is 1.54 bits per heavy atom. The number of nitrogens with two attached hydrogens (primary N) is 1. The van der Waals surface area contributed by atoms with E-state index in [-0.39, 0.29) is 5.11 Å². The lowest BCUT2D eigenvalue weighted by molar-refractivity contribution is 0.314. The van der Waals surface area contributed by atoms with E-state index in [9.17, 15) is 0 Å². The Bertz CT molecular complexity index is 166. The molecule has 0 spiro atoms. The molecule has 0 aliphatic rings. The Morgan fingerprint density at radius 3 is 2.62 bits per heavy atom. The van der Waals surface area contributed by atoms with E-state index in [1.54, 1.807) is 6.21 Å². The van der Waals surface area contributed by atoms with Crippen molar-refractivity contribution in [3.63, 3.8) is 0 Å². The van der Waals surface area contributed by atoms with Crippen LogP contribution in [0.4, 0.5) is 0 Å². The molecule has 0 heterocycles. The lowest BCUT2D eigenvalue weighted by atomic mass is 10.4. The zero-order valence-corrected chi connectivity index (χ0v) is 9.10. The highest BCUT2D eigenvalue weighted by Crippen LogP contribution is 1.87. The number of hydrogen-bond donors (Lipinski definition) is 2. The summed E-state index contributed by atoms with van der Waals surface area (Å²) in [5.74, 6) is 0. The summed E-state index contributed by atoms with van der Waals surface area (Å²) in [6.45, 7) is 7.47. The molecule has 5 heteroatoms. The number of thiocarbonyl (C=S) groups is 1. The molecule has 0 aliphatic carbocycles. The van der Waals surface area contributed by atoms with Crippen LogP contribution >= 0.6 is 12.2 Å². The molecule has 0 aromatic heterocycles. The second kappa shape index (κ2) is 7.94. The Hall–Kier alpha value is -0.680. The molecule has 0 amide bonds. The molecule has 0 aromatic rings. The van der Waals surface area contributed by atoms with Crippen LogP contribution in [0.25, 0.3) is 0 Å². The first kappa shape index (κ1) is 12.3. The van der Waals surface area contributed by atoms with Crippen molar-refractivity contribution in [3.05, 3.63) is 0 Å². The molecule has 13 heavy (non-hydrogen) atoms. The molecule has 3 N–H and O–H groups in total. The summed E-state index contributed by atoms with van der Waals surface area (Å²) >= 11 is 4.58. The second-order valence-corrected chi connectivity index (χ2v) is 3.04. The minimum Gasteiger partial charge on any atom is -0.375 e. The highest BCUT2D eigenvalue weighted by Gasteiger charge is 1.95. The maximum Gasteiger partial charge on any atom is 0.184 e. The van der Waals surface area contributed by atoms with Crippen molar-refractivity contribution in [3.8, 4) is 0 Å². The number of hydrazone groups is 1. The summed E-state index contributed by atoms with van der Waals surface area (Å²) in [7, 11) is 0. The van der Waals surface area contributed by atoms with Crippen LogP contribution < -0.4 is 11.2 Å². The van der Waals surface area contributed by atoms with Crippen molar-refractivity contribution in [2.45, 2.75) is 20.3 Å². The number of nitrogens with zero attached hydrogens (tertiary/aromatic N) is 2. The first-order valence-electron chi connectivity index (χ1n) is 4.50. The van der Waals surface area contributed by atoms with Crippen LogP contribution in [0.5, 0.6) is 0 Å². The third-order valence-corrected chi connectivity index (χ3v) is 1.83. The Kier molecular flexibility index (Phi) is 7.53. The molecule has 0 unspecified atom stereocenters. The van der Waals surface area contributed by atoms with Gasteiger partial charge in [-0.2, -0.15) is 5.10 Å². The van der Waals surface area contributed by atoms with E-state index in [1.165, 1.54) is 0 Å². The highest BCUT2D eigenvalue weighted by molar-refractivity contribution is 7.80. The van der Waals surface area contributed by atoms with Crippen molar-refractivity contribution in [1.82, 2.24) is 10.3 Å². The van der Waals surface area contributed by atoms with E-state index in [1.807, 2.05) is 0 Å². The molecule has 76 valence electrons.